The van der Waals surface area contributed by atoms with Crippen LogP contribution in [-0.2, 0) is 6.54 Å². The Labute approximate surface area is 114 Å². The van der Waals surface area contributed by atoms with Gasteiger partial charge < -0.3 is 5.32 Å². The van der Waals surface area contributed by atoms with E-state index in [2.05, 4.69) is 33.7 Å². The summed E-state index contributed by atoms with van der Waals surface area (Å²) in [6.07, 6.45) is 5.42. The van der Waals surface area contributed by atoms with Crippen LogP contribution >= 0.6 is 11.5 Å². The molecule has 0 radical (unpaired) electrons. The van der Waals surface area contributed by atoms with E-state index >= 15 is 0 Å². The van der Waals surface area contributed by atoms with Gasteiger partial charge in [0.05, 0.1) is 0 Å². The van der Waals surface area contributed by atoms with Gasteiger partial charge in [0.25, 0.3) is 0 Å². The Morgan fingerprint density at radius 1 is 1.33 bits per heavy atom. The molecule has 1 N–H and O–H groups in total. The fourth-order valence-corrected chi connectivity index (χ4v) is 3.30. The number of hydrogen-bond acceptors (Lipinski definition) is 5. The summed E-state index contributed by atoms with van der Waals surface area (Å²) in [5.74, 6) is 0.952. The molecule has 1 fully saturated rings. The van der Waals surface area contributed by atoms with Crippen molar-refractivity contribution in [2.45, 2.75) is 46.1 Å². The first-order chi connectivity index (χ1) is 8.83. The Morgan fingerprint density at radius 3 is 2.78 bits per heavy atom. The zero-order valence-corrected chi connectivity index (χ0v) is 12.3. The van der Waals surface area contributed by atoms with Crippen LogP contribution in [0.1, 0.15) is 45.2 Å². The van der Waals surface area contributed by atoms with E-state index in [1.165, 1.54) is 50.3 Å². The third-order valence-corrected chi connectivity index (χ3v) is 4.40. The van der Waals surface area contributed by atoms with Gasteiger partial charge in [-0.3, -0.25) is 4.90 Å². The van der Waals surface area contributed by atoms with E-state index in [-0.39, 0.29) is 0 Å². The standard InChI is InChI=1S/C13H24N4S/c1-3-5-11-6-8-17(9-7-11)10-12-13(14-4-2)18-16-15-12/h11,14H,3-10H2,1-2H3. The van der Waals surface area contributed by atoms with Crippen molar-refractivity contribution in [1.82, 2.24) is 14.5 Å². The van der Waals surface area contributed by atoms with Crippen LogP contribution in [0.3, 0.4) is 0 Å². The highest BCUT2D eigenvalue weighted by Gasteiger charge is 2.20. The van der Waals surface area contributed by atoms with Gasteiger partial charge in [0.2, 0.25) is 0 Å². The highest BCUT2D eigenvalue weighted by atomic mass is 32.1. The summed E-state index contributed by atoms with van der Waals surface area (Å²) in [7, 11) is 0. The van der Waals surface area contributed by atoms with Crippen molar-refractivity contribution in [2.24, 2.45) is 5.92 Å². The fourth-order valence-electron chi connectivity index (χ4n) is 2.66. The lowest BCUT2D eigenvalue weighted by molar-refractivity contribution is 0.170. The molecule has 102 valence electrons. The molecule has 0 bridgehead atoms. The summed E-state index contributed by atoms with van der Waals surface area (Å²) in [5.41, 5.74) is 1.12. The molecule has 1 aromatic rings. The second-order valence-electron chi connectivity index (χ2n) is 5.09. The molecule has 0 aliphatic carbocycles. The number of aromatic nitrogens is 2. The van der Waals surface area contributed by atoms with Crippen molar-refractivity contribution in [3.63, 3.8) is 0 Å². The molecule has 0 amide bonds. The highest BCUT2D eigenvalue weighted by Crippen LogP contribution is 2.25. The molecule has 5 heteroatoms. The van der Waals surface area contributed by atoms with Gasteiger partial charge in [-0.25, -0.2) is 0 Å². The predicted molar refractivity (Wildman–Crippen MR) is 77.0 cm³/mol. The Balaban J connectivity index is 1.82. The van der Waals surface area contributed by atoms with Gasteiger partial charge in [-0.1, -0.05) is 24.3 Å². The first-order valence-electron chi connectivity index (χ1n) is 7.11. The minimum atomic E-state index is 0.940. The number of rotatable bonds is 6. The van der Waals surface area contributed by atoms with E-state index in [0.717, 1.165) is 29.7 Å². The molecule has 1 aliphatic rings. The lowest BCUT2D eigenvalue weighted by Crippen LogP contribution is -2.33. The number of likely N-dealkylation sites (tertiary alicyclic amines) is 1. The molecule has 18 heavy (non-hydrogen) atoms. The molecular weight excluding hydrogens is 244 g/mol. The van der Waals surface area contributed by atoms with Crippen molar-refractivity contribution in [1.29, 1.82) is 0 Å². The lowest BCUT2D eigenvalue weighted by Gasteiger charge is -2.31. The zero-order valence-electron chi connectivity index (χ0n) is 11.5. The highest BCUT2D eigenvalue weighted by molar-refractivity contribution is 7.10. The topological polar surface area (TPSA) is 41.1 Å². The maximum Gasteiger partial charge on any atom is 0.134 e. The SMILES string of the molecule is CCCC1CCN(Cc2nnsc2NCC)CC1. The zero-order chi connectivity index (χ0) is 12.8. The van der Waals surface area contributed by atoms with Crippen molar-refractivity contribution in [3.05, 3.63) is 5.69 Å². The Hall–Kier alpha value is -0.680. The van der Waals surface area contributed by atoms with E-state index in [0.29, 0.717) is 0 Å². The van der Waals surface area contributed by atoms with Crippen molar-refractivity contribution < 1.29 is 0 Å². The van der Waals surface area contributed by atoms with Crippen molar-refractivity contribution in [3.8, 4) is 0 Å². The molecule has 1 saturated heterocycles. The van der Waals surface area contributed by atoms with Gasteiger partial charge in [0, 0.05) is 24.6 Å². The lowest BCUT2D eigenvalue weighted by atomic mass is 9.92. The van der Waals surface area contributed by atoms with Crippen LogP contribution in [-0.4, -0.2) is 34.1 Å². The number of hydrogen-bond donors (Lipinski definition) is 1. The first kappa shape index (κ1) is 13.7. The molecule has 0 aromatic carbocycles. The normalized spacial score (nSPS) is 18.1. The Kier molecular flexibility index (Phi) is 5.38. The Morgan fingerprint density at radius 2 is 2.11 bits per heavy atom. The number of nitrogens with one attached hydrogen (secondary N) is 1. The van der Waals surface area contributed by atoms with Gasteiger partial charge >= 0.3 is 0 Å². The van der Waals surface area contributed by atoms with E-state index in [4.69, 9.17) is 0 Å². The molecule has 4 nitrogen and oxygen atoms in total. The molecule has 1 aromatic heterocycles. The first-order valence-corrected chi connectivity index (χ1v) is 7.88. The van der Waals surface area contributed by atoms with Gasteiger partial charge in [-0.15, -0.1) is 5.10 Å². The molecule has 0 atom stereocenters. The molecular formula is C13H24N4S. The maximum absolute atomic E-state index is 4.25. The molecule has 2 rings (SSSR count). The van der Waals surface area contributed by atoms with Crippen molar-refractivity contribution in [2.75, 3.05) is 25.0 Å². The molecule has 2 heterocycles. The second kappa shape index (κ2) is 7.04. The molecule has 0 unspecified atom stereocenters. The largest absolute Gasteiger partial charge is 0.374 e. The molecule has 0 saturated carbocycles. The van der Waals surface area contributed by atoms with Crippen LogP contribution in [0.15, 0.2) is 0 Å². The summed E-state index contributed by atoms with van der Waals surface area (Å²) < 4.78 is 4.05. The average Bonchev–Trinajstić information content (AvgIpc) is 2.80. The second-order valence-corrected chi connectivity index (χ2v) is 5.84. The number of nitrogens with zero attached hydrogens (tertiary/aromatic N) is 3. The summed E-state index contributed by atoms with van der Waals surface area (Å²) in [5, 5.41) is 8.74. The number of anilines is 1. The third kappa shape index (κ3) is 3.65. The summed E-state index contributed by atoms with van der Waals surface area (Å²) in [6.45, 7) is 8.73. The van der Waals surface area contributed by atoms with Gasteiger partial charge in [0.15, 0.2) is 0 Å². The summed E-state index contributed by atoms with van der Waals surface area (Å²) in [6, 6.07) is 0. The van der Waals surface area contributed by atoms with Gasteiger partial charge in [0.1, 0.15) is 10.7 Å². The van der Waals surface area contributed by atoms with Crippen LogP contribution in [0.2, 0.25) is 0 Å². The fraction of sp³-hybridized carbons (Fsp3) is 0.846. The smallest absolute Gasteiger partial charge is 0.134 e. The minimum Gasteiger partial charge on any atom is -0.374 e. The van der Waals surface area contributed by atoms with E-state index < -0.39 is 0 Å². The molecule has 0 spiro atoms. The van der Waals surface area contributed by atoms with Gasteiger partial charge in [-0.2, -0.15) is 0 Å². The van der Waals surface area contributed by atoms with E-state index in [1.54, 1.807) is 0 Å². The molecule has 1 aliphatic heterocycles. The third-order valence-electron chi connectivity index (χ3n) is 3.67. The monoisotopic (exact) mass is 268 g/mol. The van der Waals surface area contributed by atoms with Crippen LogP contribution in [0.5, 0.6) is 0 Å². The van der Waals surface area contributed by atoms with Crippen LogP contribution < -0.4 is 5.32 Å². The van der Waals surface area contributed by atoms with Crippen LogP contribution in [0.4, 0.5) is 5.00 Å². The Bertz CT molecular complexity index is 345. The summed E-state index contributed by atoms with van der Waals surface area (Å²) in [4.78, 5) is 2.52. The summed E-state index contributed by atoms with van der Waals surface area (Å²) >= 11 is 1.47. The maximum atomic E-state index is 4.25. The van der Waals surface area contributed by atoms with E-state index in [9.17, 15) is 0 Å². The van der Waals surface area contributed by atoms with Gasteiger partial charge in [-0.05, 0) is 38.8 Å². The van der Waals surface area contributed by atoms with Crippen molar-refractivity contribution >= 4 is 16.5 Å². The van der Waals surface area contributed by atoms with Crippen LogP contribution in [0.25, 0.3) is 0 Å². The number of piperidine rings is 1. The average molecular weight is 268 g/mol. The predicted octanol–water partition coefficient (Wildman–Crippen LogP) is 2.98. The van der Waals surface area contributed by atoms with E-state index in [1.807, 2.05) is 0 Å². The quantitative estimate of drug-likeness (QED) is 0.861. The van der Waals surface area contributed by atoms with Crippen LogP contribution in [0, 0.1) is 5.92 Å². The minimum absolute atomic E-state index is 0.940.